The SMILES string of the molecule is CC[C@H](C)[C@H](NC(=O)[C@H](CC(=O)O)NC(=O)[C@H](CC(C)C)NC(=O)[C@H](CC(C)C)NC(=O)CNC(=O)[C@H](C)N)C(=O)N[C@@H](CC(C)C)C(=O)NCC(=O)N[C@@H](CC(C)C)C(N)=O. The van der Waals surface area contributed by atoms with Crippen LogP contribution in [-0.4, -0.2) is 120 Å². The fraction of sp³-hybridized carbons (Fsp3) is 0.756. The molecule has 0 saturated heterocycles. The molecule has 0 fully saturated rings. The van der Waals surface area contributed by atoms with E-state index in [1.54, 1.807) is 41.5 Å². The molecule has 0 saturated carbocycles. The van der Waals surface area contributed by atoms with E-state index in [9.17, 15) is 53.1 Å². The number of carbonyl (C=O) groups excluding carboxylic acids is 9. The number of nitrogens with two attached hydrogens (primary N) is 2. The van der Waals surface area contributed by atoms with E-state index in [0.29, 0.717) is 6.42 Å². The first-order chi connectivity index (χ1) is 28.7. The molecule has 21 heteroatoms. The number of carboxylic acid groups (broad SMARTS) is 1. The van der Waals surface area contributed by atoms with Crippen LogP contribution < -0.4 is 54.0 Å². The van der Waals surface area contributed by atoms with Crippen molar-refractivity contribution < 1.29 is 53.1 Å². The Kier molecular flexibility index (Phi) is 25.9. The lowest BCUT2D eigenvalue weighted by Gasteiger charge is -2.29. The van der Waals surface area contributed by atoms with E-state index in [4.69, 9.17) is 11.5 Å². The molecular formula is C41H74N10O11. The molecule has 0 heterocycles. The second kappa shape index (κ2) is 28.3. The van der Waals surface area contributed by atoms with Crippen LogP contribution in [0.2, 0.25) is 0 Å². The zero-order valence-corrected chi connectivity index (χ0v) is 38.3. The van der Waals surface area contributed by atoms with Crippen molar-refractivity contribution in [3.8, 4) is 0 Å². The summed E-state index contributed by atoms with van der Waals surface area (Å²) in [6.07, 6.45) is 0.0703. The van der Waals surface area contributed by atoms with Gasteiger partial charge in [-0.1, -0.05) is 75.7 Å². The summed E-state index contributed by atoms with van der Waals surface area (Å²) in [5.74, 6) is -9.22. The van der Waals surface area contributed by atoms with Crippen LogP contribution in [0.5, 0.6) is 0 Å². The van der Waals surface area contributed by atoms with Gasteiger partial charge in [-0.05, 0) is 62.2 Å². The van der Waals surface area contributed by atoms with Gasteiger partial charge in [0.15, 0.2) is 0 Å². The van der Waals surface area contributed by atoms with Crippen molar-refractivity contribution in [3.05, 3.63) is 0 Å². The van der Waals surface area contributed by atoms with Crippen LogP contribution >= 0.6 is 0 Å². The summed E-state index contributed by atoms with van der Waals surface area (Å²) in [5.41, 5.74) is 10.9. The van der Waals surface area contributed by atoms with Gasteiger partial charge in [-0.3, -0.25) is 47.9 Å². The molecule has 0 rings (SSSR count). The third-order valence-electron chi connectivity index (χ3n) is 9.49. The summed E-state index contributed by atoms with van der Waals surface area (Å²) < 4.78 is 0. The maximum atomic E-state index is 13.8. The molecule has 0 aliphatic carbocycles. The zero-order chi connectivity index (χ0) is 48.0. The summed E-state index contributed by atoms with van der Waals surface area (Å²) in [4.78, 5) is 129. The summed E-state index contributed by atoms with van der Waals surface area (Å²) in [5, 5.41) is 29.8. The smallest absolute Gasteiger partial charge is 0.305 e. The van der Waals surface area contributed by atoms with E-state index in [2.05, 4.69) is 42.5 Å². The van der Waals surface area contributed by atoms with Crippen molar-refractivity contribution in [3.63, 3.8) is 0 Å². The first kappa shape index (κ1) is 56.7. The predicted molar refractivity (Wildman–Crippen MR) is 230 cm³/mol. The third kappa shape index (κ3) is 23.0. The first-order valence-corrected chi connectivity index (χ1v) is 21.3. The summed E-state index contributed by atoms with van der Waals surface area (Å²) in [6.45, 7) is 18.3. The van der Waals surface area contributed by atoms with E-state index in [0.717, 1.165) is 0 Å². The van der Waals surface area contributed by atoms with Crippen molar-refractivity contribution in [2.45, 2.75) is 157 Å². The predicted octanol–water partition coefficient (Wildman–Crippen LogP) is -1.33. The van der Waals surface area contributed by atoms with Crippen molar-refractivity contribution in [2.24, 2.45) is 41.1 Å². The maximum absolute atomic E-state index is 13.8. The van der Waals surface area contributed by atoms with E-state index in [1.165, 1.54) is 6.92 Å². The Bertz CT molecular complexity index is 1550. The Morgan fingerprint density at radius 3 is 1.23 bits per heavy atom. The van der Waals surface area contributed by atoms with E-state index in [1.807, 2.05) is 27.7 Å². The number of carboxylic acids is 1. The zero-order valence-electron chi connectivity index (χ0n) is 38.3. The molecule has 13 N–H and O–H groups in total. The van der Waals surface area contributed by atoms with E-state index in [-0.39, 0.29) is 49.4 Å². The van der Waals surface area contributed by atoms with Gasteiger partial charge in [0.05, 0.1) is 25.6 Å². The number of nitrogens with one attached hydrogen (secondary N) is 8. The van der Waals surface area contributed by atoms with Crippen LogP contribution in [0.1, 0.15) is 115 Å². The minimum absolute atomic E-state index is 0.0437. The average Bonchev–Trinajstić information content (AvgIpc) is 3.15. The van der Waals surface area contributed by atoms with E-state index < -0.39 is 127 Å². The number of rotatable bonds is 29. The van der Waals surface area contributed by atoms with Crippen molar-refractivity contribution in [1.29, 1.82) is 0 Å². The third-order valence-corrected chi connectivity index (χ3v) is 9.49. The molecule has 0 aliphatic rings. The van der Waals surface area contributed by atoms with Crippen LogP contribution in [0.15, 0.2) is 0 Å². The van der Waals surface area contributed by atoms with Gasteiger partial charge in [0.25, 0.3) is 0 Å². The molecule has 8 atom stereocenters. The lowest BCUT2D eigenvalue weighted by atomic mass is 9.96. The standard InChI is InChI=1S/C41H74N10O11/c1-12-24(10)34(41(62)50-27(14-21(4)5)37(58)45-19-31(52)46-26(35(43)56)13-20(2)3)51-40(61)30(17-33(54)55)49-39(60)29(16-23(8)9)48-38(59)28(15-22(6)7)47-32(53)18-44-36(57)25(11)42/h20-30,34H,12-19,42H2,1-11H3,(H2,43,56)(H,44,57)(H,45,58)(H,46,52)(H,47,53)(H,48,59)(H,49,60)(H,50,62)(H,51,61)(H,54,55)/t24-,25-,26-,27-,28-,29-,30-,34-/m0/s1. The first-order valence-electron chi connectivity index (χ1n) is 21.3. The molecule has 62 heavy (non-hydrogen) atoms. The second-order valence-electron chi connectivity index (χ2n) is 17.5. The molecule has 0 aromatic rings. The number of aliphatic carboxylic acids is 1. The van der Waals surface area contributed by atoms with Crippen LogP contribution in [-0.2, 0) is 47.9 Å². The minimum Gasteiger partial charge on any atom is -0.481 e. The summed E-state index contributed by atoms with van der Waals surface area (Å²) in [7, 11) is 0. The normalized spacial score (nSPS) is 15.2. The number of hydrogen-bond donors (Lipinski definition) is 11. The number of primary amides is 1. The molecule has 354 valence electrons. The average molecular weight is 883 g/mol. The Labute approximate surface area is 365 Å². The molecule has 0 radical (unpaired) electrons. The van der Waals surface area contributed by atoms with Crippen molar-refractivity contribution in [2.75, 3.05) is 13.1 Å². The highest BCUT2D eigenvalue weighted by Crippen LogP contribution is 2.13. The number of amides is 9. The van der Waals surface area contributed by atoms with Crippen LogP contribution in [0.4, 0.5) is 0 Å². The van der Waals surface area contributed by atoms with E-state index >= 15 is 0 Å². The van der Waals surface area contributed by atoms with Gasteiger partial charge in [0, 0.05) is 0 Å². The molecule has 0 aromatic carbocycles. The van der Waals surface area contributed by atoms with Gasteiger partial charge < -0.3 is 59.1 Å². The fourth-order valence-electron chi connectivity index (χ4n) is 6.08. The monoisotopic (exact) mass is 883 g/mol. The molecule has 0 aromatic heterocycles. The Morgan fingerprint density at radius 2 is 0.823 bits per heavy atom. The maximum Gasteiger partial charge on any atom is 0.305 e. The second-order valence-corrected chi connectivity index (χ2v) is 17.5. The van der Waals surface area contributed by atoms with Gasteiger partial charge >= 0.3 is 5.97 Å². The molecule has 0 bridgehead atoms. The lowest BCUT2D eigenvalue weighted by molar-refractivity contribution is -0.142. The van der Waals surface area contributed by atoms with Gasteiger partial charge in [0.1, 0.15) is 36.3 Å². The van der Waals surface area contributed by atoms with Crippen molar-refractivity contribution in [1.82, 2.24) is 42.5 Å². The van der Waals surface area contributed by atoms with Crippen LogP contribution in [0, 0.1) is 29.6 Å². The van der Waals surface area contributed by atoms with Gasteiger partial charge in [0.2, 0.25) is 53.2 Å². The highest BCUT2D eigenvalue weighted by molar-refractivity contribution is 5.98. The molecule has 21 nitrogen and oxygen atoms in total. The molecule has 9 amide bonds. The summed E-state index contributed by atoms with van der Waals surface area (Å²) >= 11 is 0. The lowest BCUT2D eigenvalue weighted by Crippen LogP contribution is -2.61. The van der Waals surface area contributed by atoms with Gasteiger partial charge in [-0.15, -0.1) is 0 Å². The highest BCUT2D eigenvalue weighted by Gasteiger charge is 2.35. The largest absolute Gasteiger partial charge is 0.481 e. The van der Waals surface area contributed by atoms with Crippen molar-refractivity contribution >= 4 is 59.1 Å². The molecular weight excluding hydrogens is 809 g/mol. The molecule has 0 unspecified atom stereocenters. The molecule has 0 spiro atoms. The quantitative estimate of drug-likeness (QED) is 0.0416. The molecule has 0 aliphatic heterocycles. The topological polar surface area (TPSA) is 339 Å². The van der Waals surface area contributed by atoms with Crippen LogP contribution in [0.25, 0.3) is 0 Å². The Hall–Kier alpha value is -5.34. The fourth-order valence-corrected chi connectivity index (χ4v) is 6.08. The van der Waals surface area contributed by atoms with Crippen LogP contribution in [0.3, 0.4) is 0 Å². The Morgan fingerprint density at radius 1 is 0.468 bits per heavy atom. The number of carbonyl (C=O) groups is 10. The Balaban J connectivity index is 6.25. The summed E-state index contributed by atoms with van der Waals surface area (Å²) in [6, 6.07) is -8.45. The highest BCUT2D eigenvalue weighted by atomic mass is 16.4. The number of hydrogen-bond acceptors (Lipinski definition) is 11. The van der Waals surface area contributed by atoms with Gasteiger partial charge in [-0.2, -0.15) is 0 Å². The minimum atomic E-state index is -1.72. The van der Waals surface area contributed by atoms with Gasteiger partial charge in [-0.25, -0.2) is 0 Å².